The molecule has 0 amide bonds. The number of aliphatic hydroxyl groups excluding tert-OH is 1. The van der Waals surface area contributed by atoms with Crippen LogP contribution in [0.3, 0.4) is 0 Å². The first-order chi connectivity index (χ1) is 11.3. The monoisotopic (exact) mass is 344 g/mol. The molecule has 0 radical (unpaired) electrons. The molecule has 0 aliphatic heterocycles. The van der Waals surface area contributed by atoms with E-state index in [2.05, 4.69) is 0 Å². The average Bonchev–Trinajstić information content (AvgIpc) is 2.48. The Labute approximate surface area is 142 Å². The number of hydrogen-bond acceptors (Lipinski definition) is 6. The molecule has 0 saturated carbocycles. The van der Waals surface area contributed by atoms with Gasteiger partial charge in [0, 0.05) is 18.5 Å². The van der Waals surface area contributed by atoms with Crippen LogP contribution in [0.2, 0.25) is 0 Å². The number of unbranched alkanes of at least 4 members (excludes halogenated alkanes) is 6. The summed E-state index contributed by atoms with van der Waals surface area (Å²) in [7, 11) is 0. The minimum Gasteiger partial charge on any atom is -0.437 e. The molecule has 1 unspecified atom stereocenters. The standard InChI is InChI=1S/C17H29FN2O4/c18-16(21)8-6-4-2-1-3-5-7-11-17(22,23)24-15-10-9-13(19)12-14(15)20/h9-10,12,16,21-23H,1-8,11,19-20H2. The van der Waals surface area contributed by atoms with E-state index >= 15 is 0 Å². The first kappa shape index (κ1) is 20.5. The molecule has 7 N–H and O–H groups in total. The predicted molar refractivity (Wildman–Crippen MR) is 91.7 cm³/mol. The van der Waals surface area contributed by atoms with Gasteiger partial charge in [0.15, 0.2) is 6.36 Å². The molecular formula is C17H29FN2O4. The van der Waals surface area contributed by atoms with Crippen LogP contribution in [-0.4, -0.2) is 27.7 Å². The van der Waals surface area contributed by atoms with E-state index in [1.54, 1.807) is 6.07 Å². The average molecular weight is 344 g/mol. The molecule has 0 bridgehead atoms. The van der Waals surface area contributed by atoms with Gasteiger partial charge in [-0.2, -0.15) is 0 Å². The molecule has 0 heterocycles. The van der Waals surface area contributed by atoms with Crippen molar-refractivity contribution >= 4 is 11.4 Å². The van der Waals surface area contributed by atoms with Crippen molar-refractivity contribution in [3.05, 3.63) is 18.2 Å². The van der Waals surface area contributed by atoms with Crippen LogP contribution in [0.15, 0.2) is 18.2 Å². The third kappa shape index (κ3) is 8.90. The van der Waals surface area contributed by atoms with Crippen molar-refractivity contribution in [3.8, 4) is 5.75 Å². The van der Waals surface area contributed by atoms with Gasteiger partial charge in [-0.25, -0.2) is 4.39 Å². The molecule has 138 valence electrons. The maximum absolute atomic E-state index is 12.2. The van der Waals surface area contributed by atoms with Crippen LogP contribution in [0, 0.1) is 0 Å². The van der Waals surface area contributed by atoms with Crippen LogP contribution < -0.4 is 16.2 Å². The Morgan fingerprint density at radius 3 is 2.17 bits per heavy atom. The molecule has 1 rings (SSSR count). The number of ether oxygens (including phenoxy) is 1. The van der Waals surface area contributed by atoms with E-state index in [4.69, 9.17) is 21.3 Å². The fraction of sp³-hybridized carbons (Fsp3) is 0.647. The zero-order valence-corrected chi connectivity index (χ0v) is 14.0. The third-order valence-electron chi connectivity index (χ3n) is 3.75. The smallest absolute Gasteiger partial charge is 0.321 e. The number of aliphatic hydroxyl groups is 3. The van der Waals surface area contributed by atoms with Gasteiger partial charge < -0.3 is 31.5 Å². The molecule has 0 aliphatic rings. The maximum atomic E-state index is 12.2. The van der Waals surface area contributed by atoms with E-state index in [-0.39, 0.29) is 24.3 Å². The van der Waals surface area contributed by atoms with Crippen molar-refractivity contribution in [2.24, 2.45) is 0 Å². The number of halogens is 1. The SMILES string of the molecule is Nc1ccc(OC(O)(O)CCCCCCCCCC(O)F)c(N)c1. The zero-order valence-electron chi connectivity index (χ0n) is 14.0. The van der Waals surface area contributed by atoms with Crippen molar-refractivity contribution in [2.75, 3.05) is 11.5 Å². The second-order valence-electron chi connectivity index (χ2n) is 6.09. The largest absolute Gasteiger partial charge is 0.437 e. The first-order valence-electron chi connectivity index (χ1n) is 8.41. The van der Waals surface area contributed by atoms with Crippen molar-refractivity contribution in [1.82, 2.24) is 0 Å². The molecule has 1 atom stereocenters. The molecule has 0 saturated heterocycles. The summed E-state index contributed by atoms with van der Waals surface area (Å²) >= 11 is 0. The van der Waals surface area contributed by atoms with Gasteiger partial charge in [0.2, 0.25) is 0 Å². The minimum absolute atomic E-state index is 0.0743. The van der Waals surface area contributed by atoms with Gasteiger partial charge in [0.25, 0.3) is 0 Å². The van der Waals surface area contributed by atoms with E-state index in [1.165, 1.54) is 12.1 Å². The van der Waals surface area contributed by atoms with Crippen molar-refractivity contribution in [2.45, 2.75) is 70.1 Å². The van der Waals surface area contributed by atoms with E-state index in [0.29, 0.717) is 18.5 Å². The van der Waals surface area contributed by atoms with E-state index in [9.17, 15) is 14.6 Å². The molecule has 1 aromatic rings. The highest BCUT2D eigenvalue weighted by Crippen LogP contribution is 2.28. The number of rotatable bonds is 12. The van der Waals surface area contributed by atoms with Crippen molar-refractivity contribution < 1.29 is 24.4 Å². The van der Waals surface area contributed by atoms with Gasteiger partial charge in [-0.05, 0) is 31.0 Å². The Hall–Kier alpha value is -1.57. The molecule has 6 nitrogen and oxygen atoms in total. The Balaban J connectivity index is 2.15. The van der Waals surface area contributed by atoms with Crippen LogP contribution in [0.4, 0.5) is 15.8 Å². The molecule has 7 heteroatoms. The topological polar surface area (TPSA) is 122 Å². The number of nitrogens with two attached hydrogens (primary N) is 2. The second-order valence-corrected chi connectivity index (χ2v) is 6.09. The lowest BCUT2D eigenvalue weighted by atomic mass is 10.1. The van der Waals surface area contributed by atoms with E-state index < -0.39 is 12.3 Å². The summed E-state index contributed by atoms with van der Waals surface area (Å²) in [6.45, 7) is 0. The van der Waals surface area contributed by atoms with E-state index in [1.807, 2.05) is 0 Å². The van der Waals surface area contributed by atoms with Crippen LogP contribution >= 0.6 is 0 Å². The summed E-state index contributed by atoms with van der Waals surface area (Å²) in [6.07, 6.45) is 4.52. The normalized spacial score (nSPS) is 13.0. The Bertz CT molecular complexity index is 484. The second kappa shape index (κ2) is 10.3. The highest BCUT2D eigenvalue weighted by atomic mass is 19.1. The first-order valence-corrected chi connectivity index (χ1v) is 8.41. The fourth-order valence-corrected chi connectivity index (χ4v) is 2.44. The Kier molecular flexibility index (Phi) is 8.81. The molecule has 0 aliphatic carbocycles. The summed E-state index contributed by atoms with van der Waals surface area (Å²) in [4.78, 5) is 0. The summed E-state index contributed by atoms with van der Waals surface area (Å²) in [5.74, 6) is -2.08. The maximum Gasteiger partial charge on any atom is 0.321 e. The van der Waals surface area contributed by atoms with Gasteiger partial charge in [0.05, 0.1) is 5.69 Å². The van der Waals surface area contributed by atoms with Crippen molar-refractivity contribution in [1.29, 1.82) is 0 Å². The van der Waals surface area contributed by atoms with Crippen LogP contribution in [0.25, 0.3) is 0 Å². The molecule has 0 spiro atoms. The Morgan fingerprint density at radius 2 is 1.58 bits per heavy atom. The van der Waals surface area contributed by atoms with Crippen LogP contribution in [0.1, 0.15) is 57.8 Å². The summed E-state index contributed by atoms with van der Waals surface area (Å²) in [6, 6.07) is 4.57. The molecule has 24 heavy (non-hydrogen) atoms. The fourth-order valence-electron chi connectivity index (χ4n) is 2.44. The molecule has 1 aromatic carbocycles. The number of benzene rings is 1. The highest BCUT2D eigenvalue weighted by Gasteiger charge is 2.25. The molecule has 0 fully saturated rings. The quantitative estimate of drug-likeness (QED) is 0.226. The van der Waals surface area contributed by atoms with Crippen LogP contribution in [-0.2, 0) is 0 Å². The van der Waals surface area contributed by atoms with Gasteiger partial charge in [0.1, 0.15) is 5.75 Å². The van der Waals surface area contributed by atoms with Gasteiger partial charge in [-0.15, -0.1) is 0 Å². The van der Waals surface area contributed by atoms with Crippen LogP contribution in [0.5, 0.6) is 5.75 Å². The lowest BCUT2D eigenvalue weighted by Gasteiger charge is -2.23. The summed E-state index contributed by atoms with van der Waals surface area (Å²) in [5, 5.41) is 28.2. The lowest BCUT2D eigenvalue weighted by molar-refractivity contribution is -0.295. The van der Waals surface area contributed by atoms with Crippen molar-refractivity contribution in [3.63, 3.8) is 0 Å². The zero-order chi connectivity index (χ0) is 18.0. The van der Waals surface area contributed by atoms with Gasteiger partial charge >= 0.3 is 5.97 Å². The van der Waals surface area contributed by atoms with Gasteiger partial charge in [-0.1, -0.05) is 32.1 Å². The predicted octanol–water partition coefficient (Wildman–Crippen LogP) is 2.67. The number of hydrogen-bond donors (Lipinski definition) is 5. The lowest BCUT2D eigenvalue weighted by Crippen LogP contribution is -2.35. The van der Waals surface area contributed by atoms with Gasteiger partial charge in [-0.3, -0.25) is 0 Å². The Morgan fingerprint density at radius 1 is 1.00 bits per heavy atom. The molecule has 0 aromatic heterocycles. The number of anilines is 2. The number of alkyl halides is 1. The summed E-state index contributed by atoms with van der Waals surface area (Å²) in [5.41, 5.74) is 12.0. The number of nitrogen functional groups attached to an aromatic ring is 2. The molecular weight excluding hydrogens is 315 g/mol. The van der Waals surface area contributed by atoms with E-state index in [0.717, 1.165) is 32.1 Å². The third-order valence-corrected chi connectivity index (χ3v) is 3.75. The minimum atomic E-state index is -2.26. The highest BCUT2D eigenvalue weighted by molar-refractivity contribution is 5.60. The summed E-state index contributed by atoms with van der Waals surface area (Å²) < 4.78 is 17.3.